The molecule has 0 spiro atoms. The molecule has 16 heavy (non-hydrogen) atoms. The molecule has 0 radical (unpaired) electrons. The molecule has 1 rings (SSSR count). The first-order valence-electron chi connectivity index (χ1n) is 6.16. The van der Waals surface area contributed by atoms with Crippen LogP contribution in [0.2, 0.25) is 0 Å². The molecule has 94 valence electrons. The van der Waals surface area contributed by atoms with Crippen molar-refractivity contribution >= 4 is 5.91 Å². The third-order valence-electron chi connectivity index (χ3n) is 3.64. The fourth-order valence-corrected chi connectivity index (χ4v) is 2.26. The van der Waals surface area contributed by atoms with Gasteiger partial charge in [0, 0.05) is 20.2 Å². The fraction of sp³-hybridized carbons (Fsp3) is 0.917. The smallest absolute Gasteiger partial charge is 0.227 e. The Morgan fingerprint density at radius 2 is 2.06 bits per heavy atom. The van der Waals surface area contributed by atoms with Gasteiger partial charge >= 0.3 is 0 Å². The number of nitrogens with two attached hydrogens (primary N) is 1. The molecular formula is C12H24N2O2. The zero-order valence-corrected chi connectivity index (χ0v) is 10.4. The fourth-order valence-electron chi connectivity index (χ4n) is 2.26. The maximum atomic E-state index is 12.1. The summed E-state index contributed by atoms with van der Waals surface area (Å²) in [4.78, 5) is 12.1. The van der Waals surface area contributed by atoms with Gasteiger partial charge < -0.3 is 15.8 Å². The summed E-state index contributed by atoms with van der Waals surface area (Å²) in [5.74, 6) is 0.110. The molecule has 0 bridgehead atoms. The Morgan fingerprint density at radius 3 is 2.56 bits per heavy atom. The maximum absolute atomic E-state index is 12.1. The maximum Gasteiger partial charge on any atom is 0.227 e. The molecular weight excluding hydrogens is 204 g/mol. The number of amides is 1. The van der Waals surface area contributed by atoms with Crippen LogP contribution in [0.4, 0.5) is 0 Å². The minimum absolute atomic E-state index is 0.0577. The summed E-state index contributed by atoms with van der Waals surface area (Å²) in [6.07, 6.45) is 5.37. The highest BCUT2D eigenvalue weighted by Crippen LogP contribution is 2.35. The van der Waals surface area contributed by atoms with Crippen LogP contribution < -0.4 is 11.1 Å². The van der Waals surface area contributed by atoms with Crippen molar-refractivity contribution in [2.45, 2.75) is 45.1 Å². The van der Waals surface area contributed by atoms with Crippen LogP contribution in [-0.4, -0.2) is 32.2 Å². The molecule has 4 nitrogen and oxygen atoms in total. The van der Waals surface area contributed by atoms with Crippen LogP contribution in [0.25, 0.3) is 0 Å². The number of methoxy groups -OCH3 is 1. The molecule has 1 atom stereocenters. The van der Waals surface area contributed by atoms with E-state index in [1.54, 1.807) is 7.11 Å². The highest BCUT2D eigenvalue weighted by molar-refractivity contribution is 5.83. The molecule has 1 fully saturated rings. The molecule has 0 aliphatic heterocycles. The van der Waals surface area contributed by atoms with E-state index in [-0.39, 0.29) is 17.4 Å². The number of nitrogens with one attached hydrogen (secondary N) is 1. The van der Waals surface area contributed by atoms with Crippen molar-refractivity contribution in [3.05, 3.63) is 0 Å². The summed E-state index contributed by atoms with van der Waals surface area (Å²) in [5.41, 5.74) is 5.47. The number of carbonyl (C=O) groups excluding carboxylic acids is 1. The lowest BCUT2D eigenvalue weighted by Crippen LogP contribution is -2.48. The number of hydrogen-bond donors (Lipinski definition) is 2. The second-order valence-electron chi connectivity index (χ2n) is 4.80. The van der Waals surface area contributed by atoms with Gasteiger partial charge in [0.25, 0.3) is 0 Å². The van der Waals surface area contributed by atoms with Gasteiger partial charge in [-0.15, -0.1) is 0 Å². The topological polar surface area (TPSA) is 64.3 Å². The van der Waals surface area contributed by atoms with Gasteiger partial charge in [0.1, 0.15) is 0 Å². The summed E-state index contributed by atoms with van der Waals surface area (Å²) in [7, 11) is 1.65. The van der Waals surface area contributed by atoms with E-state index in [4.69, 9.17) is 10.5 Å². The molecule has 1 unspecified atom stereocenters. The van der Waals surface area contributed by atoms with E-state index < -0.39 is 0 Å². The van der Waals surface area contributed by atoms with Crippen LogP contribution in [0.15, 0.2) is 0 Å². The van der Waals surface area contributed by atoms with Crippen molar-refractivity contribution in [3.8, 4) is 0 Å². The number of ether oxygens (including phenoxy) is 1. The first kappa shape index (κ1) is 13.5. The van der Waals surface area contributed by atoms with Crippen LogP contribution in [0.3, 0.4) is 0 Å². The van der Waals surface area contributed by atoms with Gasteiger partial charge in [-0.25, -0.2) is 0 Å². The van der Waals surface area contributed by atoms with Crippen molar-refractivity contribution in [2.24, 2.45) is 11.1 Å². The molecule has 1 amide bonds. The van der Waals surface area contributed by atoms with E-state index in [1.165, 1.54) is 6.42 Å². The predicted octanol–water partition coefficient (Wildman–Crippen LogP) is 1.05. The third kappa shape index (κ3) is 3.19. The second kappa shape index (κ2) is 6.21. The minimum atomic E-state index is -0.314. The van der Waals surface area contributed by atoms with E-state index >= 15 is 0 Å². The van der Waals surface area contributed by atoms with Crippen molar-refractivity contribution in [1.82, 2.24) is 5.32 Å². The third-order valence-corrected chi connectivity index (χ3v) is 3.64. The van der Waals surface area contributed by atoms with E-state index in [0.717, 1.165) is 25.7 Å². The van der Waals surface area contributed by atoms with Crippen molar-refractivity contribution in [3.63, 3.8) is 0 Å². The number of carbonyl (C=O) groups is 1. The first-order valence-corrected chi connectivity index (χ1v) is 6.16. The van der Waals surface area contributed by atoms with Gasteiger partial charge in [0.15, 0.2) is 0 Å². The van der Waals surface area contributed by atoms with Gasteiger partial charge in [0.05, 0.1) is 11.5 Å². The lowest BCUT2D eigenvalue weighted by molar-refractivity contribution is -0.132. The van der Waals surface area contributed by atoms with Crippen LogP contribution >= 0.6 is 0 Å². The molecule has 1 aliphatic rings. The van der Waals surface area contributed by atoms with Crippen LogP contribution in [0, 0.1) is 5.41 Å². The first-order chi connectivity index (χ1) is 7.64. The molecule has 1 saturated carbocycles. The molecule has 3 N–H and O–H groups in total. The van der Waals surface area contributed by atoms with Gasteiger partial charge in [-0.3, -0.25) is 4.79 Å². The second-order valence-corrected chi connectivity index (χ2v) is 4.80. The van der Waals surface area contributed by atoms with Crippen molar-refractivity contribution in [2.75, 3.05) is 20.2 Å². The molecule has 1 aliphatic carbocycles. The summed E-state index contributed by atoms with van der Waals surface area (Å²) < 4.78 is 5.11. The van der Waals surface area contributed by atoms with E-state index in [2.05, 4.69) is 5.32 Å². The van der Waals surface area contributed by atoms with E-state index in [1.807, 2.05) is 6.92 Å². The Bertz CT molecular complexity index is 225. The molecule has 0 saturated heterocycles. The monoisotopic (exact) mass is 228 g/mol. The zero-order chi connectivity index (χ0) is 12.0. The standard InChI is InChI=1S/C12H24N2O2/c1-10(16-2)8-14-11(15)12(9-13)6-4-3-5-7-12/h10H,3-9,13H2,1-2H3,(H,14,15). The molecule has 0 aromatic carbocycles. The quantitative estimate of drug-likeness (QED) is 0.739. The van der Waals surface area contributed by atoms with Crippen molar-refractivity contribution in [1.29, 1.82) is 0 Å². The average Bonchev–Trinajstić information content (AvgIpc) is 2.36. The largest absolute Gasteiger partial charge is 0.380 e. The normalized spacial score (nSPS) is 21.4. The summed E-state index contributed by atoms with van der Waals surface area (Å²) >= 11 is 0. The molecule has 0 heterocycles. The van der Waals surface area contributed by atoms with Crippen LogP contribution in [-0.2, 0) is 9.53 Å². The molecule has 0 aromatic rings. The Kier molecular flexibility index (Phi) is 5.22. The highest BCUT2D eigenvalue weighted by atomic mass is 16.5. The van der Waals surface area contributed by atoms with Crippen molar-refractivity contribution < 1.29 is 9.53 Å². The molecule has 0 aromatic heterocycles. The van der Waals surface area contributed by atoms with Crippen LogP contribution in [0.5, 0.6) is 0 Å². The zero-order valence-electron chi connectivity index (χ0n) is 10.4. The lowest BCUT2D eigenvalue weighted by Gasteiger charge is -2.34. The highest BCUT2D eigenvalue weighted by Gasteiger charge is 2.37. The minimum Gasteiger partial charge on any atom is -0.380 e. The molecule has 4 heteroatoms. The Hall–Kier alpha value is -0.610. The van der Waals surface area contributed by atoms with E-state index in [0.29, 0.717) is 13.1 Å². The van der Waals surface area contributed by atoms with Gasteiger partial charge in [-0.2, -0.15) is 0 Å². The summed E-state index contributed by atoms with van der Waals surface area (Å²) in [6.45, 7) is 2.97. The van der Waals surface area contributed by atoms with E-state index in [9.17, 15) is 4.79 Å². The number of hydrogen-bond acceptors (Lipinski definition) is 3. The SMILES string of the molecule is COC(C)CNC(=O)C1(CN)CCCCC1. The Labute approximate surface area is 97.9 Å². The summed E-state index contributed by atoms with van der Waals surface area (Å²) in [6, 6.07) is 0. The predicted molar refractivity (Wildman–Crippen MR) is 64.1 cm³/mol. The van der Waals surface area contributed by atoms with Gasteiger partial charge in [-0.05, 0) is 19.8 Å². The van der Waals surface area contributed by atoms with Gasteiger partial charge in [0.2, 0.25) is 5.91 Å². The Morgan fingerprint density at radius 1 is 1.44 bits per heavy atom. The van der Waals surface area contributed by atoms with Gasteiger partial charge in [-0.1, -0.05) is 19.3 Å². The number of rotatable bonds is 5. The van der Waals surface area contributed by atoms with Crippen LogP contribution in [0.1, 0.15) is 39.0 Å². The Balaban J connectivity index is 2.48. The average molecular weight is 228 g/mol. The lowest BCUT2D eigenvalue weighted by atomic mass is 9.73. The summed E-state index contributed by atoms with van der Waals surface area (Å²) in [5, 5.41) is 2.95.